The predicted molar refractivity (Wildman–Crippen MR) is 78.9 cm³/mol. The van der Waals surface area contributed by atoms with Gasteiger partial charge in [0, 0.05) is 24.7 Å². The van der Waals surface area contributed by atoms with E-state index in [1.807, 2.05) is 36.2 Å². The minimum atomic E-state index is -0.555. The minimum Gasteiger partial charge on any atom is -0.378 e. The van der Waals surface area contributed by atoms with Crippen molar-refractivity contribution < 1.29 is 4.92 Å². The molecule has 104 valence electrons. The van der Waals surface area contributed by atoms with Crippen molar-refractivity contribution >= 4 is 28.9 Å². The van der Waals surface area contributed by atoms with Crippen molar-refractivity contribution in [1.29, 1.82) is 0 Å². The monoisotopic (exact) mass is 292 g/mol. The number of nitrogen functional groups attached to an aromatic ring is 1. The summed E-state index contributed by atoms with van der Waals surface area (Å²) in [5, 5.41) is 11.4. The van der Waals surface area contributed by atoms with Gasteiger partial charge in [0.25, 0.3) is 0 Å². The first-order chi connectivity index (χ1) is 9.49. The van der Waals surface area contributed by atoms with Gasteiger partial charge in [-0.3, -0.25) is 10.1 Å². The molecule has 1 heterocycles. The third kappa shape index (κ3) is 2.97. The van der Waals surface area contributed by atoms with E-state index < -0.39 is 4.92 Å². The average molecular weight is 293 g/mol. The molecule has 0 fully saturated rings. The molecule has 0 bridgehead atoms. The number of benzene rings is 1. The lowest BCUT2D eigenvalue weighted by Crippen LogP contribution is -2.18. The van der Waals surface area contributed by atoms with E-state index in [1.54, 1.807) is 6.07 Å². The molecule has 1 aromatic heterocycles. The first kappa shape index (κ1) is 14.1. The van der Waals surface area contributed by atoms with Gasteiger partial charge in [-0.15, -0.1) is 0 Å². The van der Waals surface area contributed by atoms with E-state index in [0.29, 0.717) is 17.4 Å². The van der Waals surface area contributed by atoms with Crippen molar-refractivity contribution in [1.82, 2.24) is 4.98 Å². The van der Waals surface area contributed by atoms with Crippen LogP contribution in [-0.4, -0.2) is 17.0 Å². The van der Waals surface area contributed by atoms with E-state index in [1.165, 1.54) is 6.07 Å². The van der Waals surface area contributed by atoms with Gasteiger partial charge in [0.05, 0.1) is 4.92 Å². The Morgan fingerprint density at radius 3 is 2.65 bits per heavy atom. The quantitative estimate of drug-likeness (QED) is 0.692. The van der Waals surface area contributed by atoms with E-state index in [2.05, 4.69) is 4.98 Å². The maximum absolute atomic E-state index is 10.7. The van der Waals surface area contributed by atoms with Crippen LogP contribution in [0.4, 0.5) is 17.3 Å². The predicted octanol–water partition coefficient (Wildman–Crippen LogP) is 2.86. The highest BCUT2D eigenvalue weighted by Crippen LogP contribution is 2.24. The Balaban J connectivity index is 2.22. The van der Waals surface area contributed by atoms with Gasteiger partial charge >= 0.3 is 5.69 Å². The van der Waals surface area contributed by atoms with Gasteiger partial charge in [0.1, 0.15) is 5.82 Å². The lowest BCUT2D eigenvalue weighted by Gasteiger charge is -2.19. The summed E-state index contributed by atoms with van der Waals surface area (Å²) in [4.78, 5) is 16.0. The number of anilines is 2. The summed E-state index contributed by atoms with van der Waals surface area (Å²) in [5.74, 6) is 0.450. The number of nitro groups is 1. The van der Waals surface area contributed by atoms with Crippen LogP contribution in [0.25, 0.3) is 0 Å². The van der Waals surface area contributed by atoms with Gasteiger partial charge in [0.15, 0.2) is 0 Å². The molecular formula is C13H13ClN4O2. The van der Waals surface area contributed by atoms with E-state index in [0.717, 1.165) is 5.56 Å². The Morgan fingerprint density at radius 2 is 2.05 bits per heavy atom. The number of rotatable bonds is 4. The average Bonchev–Trinajstić information content (AvgIpc) is 2.40. The molecule has 0 radical (unpaired) electrons. The fourth-order valence-corrected chi connectivity index (χ4v) is 1.98. The first-order valence-corrected chi connectivity index (χ1v) is 6.22. The molecule has 0 aliphatic heterocycles. The van der Waals surface area contributed by atoms with E-state index >= 15 is 0 Å². The molecule has 0 saturated heterocycles. The molecule has 0 aliphatic carbocycles. The maximum Gasteiger partial charge on any atom is 0.311 e. The Kier molecular flexibility index (Phi) is 4.05. The Hall–Kier alpha value is -2.34. The summed E-state index contributed by atoms with van der Waals surface area (Å²) in [6.07, 6.45) is 0. The third-order valence-electron chi connectivity index (χ3n) is 2.84. The molecule has 0 aliphatic rings. The highest BCUT2D eigenvalue weighted by molar-refractivity contribution is 6.31. The SMILES string of the molecule is CN(Cc1ccccc1Cl)c1ccc([N+](=O)[O-])c(N)n1. The summed E-state index contributed by atoms with van der Waals surface area (Å²) < 4.78 is 0. The van der Waals surface area contributed by atoms with Gasteiger partial charge in [-0.05, 0) is 17.7 Å². The fraction of sp³-hybridized carbons (Fsp3) is 0.154. The van der Waals surface area contributed by atoms with Crippen molar-refractivity contribution in [3.05, 3.63) is 57.1 Å². The zero-order valence-corrected chi connectivity index (χ0v) is 11.5. The zero-order chi connectivity index (χ0) is 14.7. The fourth-order valence-electron chi connectivity index (χ4n) is 1.79. The number of aromatic nitrogens is 1. The summed E-state index contributed by atoms with van der Waals surface area (Å²) >= 11 is 6.09. The van der Waals surface area contributed by atoms with Crippen molar-refractivity contribution in [3.8, 4) is 0 Å². The van der Waals surface area contributed by atoms with Crippen LogP contribution in [0, 0.1) is 10.1 Å². The van der Waals surface area contributed by atoms with Crippen molar-refractivity contribution in [2.45, 2.75) is 6.54 Å². The normalized spacial score (nSPS) is 10.3. The molecule has 0 amide bonds. The smallest absolute Gasteiger partial charge is 0.311 e. The topological polar surface area (TPSA) is 85.3 Å². The second-order valence-electron chi connectivity index (χ2n) is 4.28. The Bertz CT molecular complexity index is 648. The summed E-state index contributed by atoms with van der Waals surface area (Å²) in [7, 11) is 1.82. The second-order valence-corrected chi connectivity index (χ2v) is 4.69. The maximum atomic E-state index is 10.7. The molecule has 6 nitrogen and oxygen atoms in total. The Labute approximate surface area is 120 Å². The molecule has 0 atom stereocenters. The molecular weight excluding hydrogens is 280 g/mol. The minimum absolute atomic E-state index is 0.0986. The Morgan fingerprint density at radius 1 is 1.35 bits per heavy atom. The highest BCUT2D eigenvalue weighted by Gasteiger charge is 2.15. The zero-order valence-electron chi connectivity index (χ0n) is 10.8. The van der Waals surface area contributed by atoms with Crippen LogP contribution in [-0.2, 0) is 6.54 Å². The van der Waals surface area contributed by atoms with Crippen molar-refractivity contribution in [3.63, 3.8) is 0 Å². The van der Waals surface area contributed by atoms with Gasteiger partial charge < -0.3 is 10.6 Å². The largest absolute Gasteiger partial charge is 0.378 e. The number of nitrogens with zero attached hydrogens (tertiary/aromatic N) is 3. The van der Waals surface area contributed by atoms with Gasteiger partial charge in [-0.25, -0.2) is 4.98 Å². The van der Waals surface area contributed by atoms with Crippen LogP contribution in [0.2, 0.25) is 5.02 Å². The number of nitrogens with two attached hydrogens (primary N) is 1. The first-order valence-electron chi connectivity index (χ1n) is 5.84. The van der Waals surface area contributed by atoms with E-state index in [-0.39, 0.29) is 11.5 Å². The molecule has 2 rings (SSSR count). The third-order valence-corrected chi connectivity index (χ3v) is 3.21. The van der Waals surface area contributed by atoms with E-state index in [9.17, 15) is 10.1 Å². The second kappa shape index (κ2) is 5.75. The van der Waals surface area contributed by atoms with Crippen molar-refractivity contribution in [2.75, 3.05) is 17.7 Å². The standard InChI is InChI=1S/C13H13ClN4O2/c1-17(8-9-4-2-3-5-10(9)14)12-7-6-11(18(19)20)13(15)16-12/h2-7H,8H2,1H3,(H2,15,16). The molecule has 0 saturated carbocycles. The molecule has 2 aromatic rings. The summed E-state index contributed by atoms with van der Waals surface area (Å²) in [6, 6.07) is 10.4. The van der Waals surface area contributed by atoms with E-state index in [4.69, 9.17) is 17.3 Å². The number of hydrogen-bond donors (Lipinski definition) is 1. The molecule has 7 heteroatoms. The van der Waals surface area contributed by atoms with Crippen LogP contribution >= 0.6 is 11.6 Å². The molecule has 2 N–H and O–H groups in total. The molecule has 20 heavy (non-hydrogen) atoms. The molecule has 1 aromatic carbocycles. The van der Waals surface area contributed by atoms with Crippen LogP contribution in [0.3, 0.4) is 0 Å². The van der Waals surface area contributed by atoms with Gasteiger partial charge in [0.2, 0.25) is 5.82 Å². The number of halogens is 1. The summed E-state index contributed by atoms with van der Waals surface area (Å²) in [6.45, 7) is 0.532. The number of hydrogen-bond acceptors (Lipinski definition) is 5. The van der Waals surface area contributed by atoms with Crippen LogP contribution in [0.1, 0.15) is 5.56 Å². The van der Waals surface area contributed by atoms with Crippen LogP contribution in [0.15, 0.2) is 36.4 Å². The van der Waals surface area contributed by atoms with Crippen LogP contribution < -0.4 is 10.6 Å². The van der Waals surface area contributed by atoms with Crippen molar-refractivity contribution in [2.24, 2.45) is 0 Å². The lowest BCUT2D eigenvalue weighted by atomic mass is 10.2. The highest BCUT2D eigenvalue weighted by atomic mass is 35.5. The molecule has 0 unspecified atom stereocenters. The molecule has 0 spiro atoms. The number of pyridine rings is 1. The van der Waals surface area contributed by atoms with Gasteiger partial charge in [-0.1, -0.05) is 29.8 Å². The lowest BCUT2D eigenvalue weighted by molar-refractivity contribution is -0.384. The van der Waals surface area contributed by atoms with Gasteiger partial charge in [-0.2, -0.15) is 0 Å². The summed E-state index contributed by atoms with van der Waals surface area (Å²) in [5.41, 5.74) is 6.32. The van der Waals surface area contributed by atoms with Crippen LogP contribution in [0.5, 0.6) is 0 Å².